The van der Waals surface area contributed by atoms with Gasteiger partial charge >= 0.3 is 0 Å². The van der Waals surface area contributed by atoms with E-state index in [1.54, 1.807) is 37.6 Å². The molecule has 1 N–H and O–H groups in total. The minimum Gasteiger partial charge on any atom is -0.497 e. The Balaban J connectivity index is 1.68. The van der Waals surface area contributed by atoms with Gasteiger partial charge in [-0.2, -0.15) is 0 Å². The number of carbonyl (C=O) groups excluding carboxylic acids is 1. The van der Waals surface area contributed by atoms with Crippen molar-refractivity contribution in [2.75, 3.05) is 12.4 Å². The molecule has 1 amide bonds. The van der Waals surface area contributed by atoms with Crippen molar-refractivity contribution in [1.29, 1.82) is 0 Å². The van der Waals surface area contributed by atoms with Crippen LogP contribution in [0.4, 0.5) is 10.1 Å². The number of hydrogen-bond donors (Lipinski definition) is 1. The smallest absolute Gasteiger partial charge is 0.211 e. The molecule has 6 nitrogen and oxygen atoms in total. The van der Waals surface area contributed by atoms with Crippen LogP contribution in [0.25, 0.3) is 22.3 Å². The Bertz CT molecular complexity index is 1510. The largest absolute Gasteiger partial charge is 0.497 e. The molecule has 0 bridgehead atoms. The van der Waals surface area contributed by atoms with Crippen LogP contribution in [-0.4, -0.2) is 23.1 Å². The van der Waals surface area contributed by atoms with Gasteiger partial charge in [-0.25, -0.2) is 4.39 Å². The first-order valence-electron chi connectivity index (χ1n) is 11.4. The predicted octanol–water partition coefficient (Wildman–Crippen LogP) is 6.05. The van der Waals surface area contributed by atoms with Crippen LogP contribution < -0.4 is 14.8 Å². The number of rotatable bonds is 9. The van der Waals surface area contributed by atoms with E-state index in [0.717, 1.165) is 27.8 Å². The molecule has 0 spiro atoms. The van der Waals surface area contributed by atoms with Crippen LogP contribution in [0.15, 0.2) is 91.1 Å². The second-order valence-corrected chi connectivity index (χ2v) is 8.21. The number of pyridine rings is 1. The molecule has 5 rings (SSSR count). The molecule has 0 aliphatic carbocycles. The van der Waals surface area contributed by atoms with Crippen LogP contribution in [0.1, 0.15) is 11.1 Å². The zero-order chi connectivity index (χ0) is 24.9. The molecule has 0 aliphatic rings. The molecule has 36 heavy (non-hydrogen) atoms. The van der Waals surface area contributed by atoms with Gasteiger partial charge in [-0.15, -0.1) is 0 Å². The summed E-state index contributed by atoms with van der Waals surface area (Å²) in [6.45, 7) is 0.758. The summed E-state index contributed by atoms with van der Waals surface area (Å²) in [6, 6.07) is 25.6. The van der Waals surface area contributed by atoms with E-state index < -0.39 is 0 Å². The Morgan fingerprint density at radius 1 is 0.972 bits per heavy atom. The van der Waals surface area contributed by atoms with Gasteiger partial charge in [-0.05, 0) is 59.7 Å². The second kappa shape index (κ2) is 10.3. The fourth-order valence-electron chi connectivity index (χ4n) is 4.28. The molecule has 0 fully saturated rings. The van der Waals surface area contributed by atoms with Gasteiger partial charge in [0, 0.05) is 18.1 Å². The maximum atomic E-state index is 13.6. The molecule has 0 saturated heterocycles. The predicted molar refractivity (Wildman–Crippen MR) is 138 cm³/mol. The minimum absolute atomic E-state index is 0.291. The summed E-state index contributed by atoms with van der Waals surface area (Å²) in [5.41, 5.74) is 4.64. The number of nitrogens with one attached hydrogen (secondary N) is 1. The third-order valence-corrected chi connectivity index (χ3v) is 5.94. The summed E-state index contributed by atoms with van der Waals surface area (Å²) in [5, 5.41) is 3.66. The van der Waals surface area contributed by atoms with Gasteiger partial charge in [0.15, 0.2) is 5.75 Å². The van der Waals surface area contributed by atoms with Crippen molar-refractivity contribution in [2.45, 2.75) is 13.2 Å². The van der Waals surface area contributed by atoms with Gasteiger partial charge < -0.3 is 19.4 Å². The number of halogens is 1. The normalized spacial score (nSPS) is 10.8. The third kappa shape index (κ3) is 4.63. The molecule has 7 heteroatoms. The van der Waals surface area contributed by atoms with Gasteiger partial charge in [-0.1, -0.05) is 36.4 Å². The summed E-state index contributed by atoms with van der Waals surface area (Å²) in [5.74, 6) is 1.10. The Kier molecular flexibility index (Phi) is 6.62. The highest BCUT2D eigenvalue weighted by atomic mass is 19.1. The molecule has 2 aromatic heterocycles. The van der Waals surface area contributed by atoms with Crippen LogP contribution in [0.3, 0.4) is 0 Å². The van der Waals surface area contributed by atoms with Crippen molar-refractivity contribution in [3.05, 3.63) is 108 Å². The molecule has 0 saturated carbocycles. The monoisotopic (exact) mass is 481 g/mol. The maximum absolute atomic E-state index is 13.6. The number of methoxy groups -OCH3 is 1. The van der Waals surface area contributed by atoms with Gasteiger partial charge in [-0.3, -0.25) is 9.78 Å². The lowest BCUT2D eigenvalue weighted by Crippen LogP contribution is -2.06. The first kappa shape index (κ1) is 23.1. The van der Waals surface area contributed by atoms with E-state index in [0.29, 0.717) is 42.4 Å². The Labute approximate surface area is 207 Å². The maximum Gasteiger partial charge on any atom is 0.211 e. The van der Waals surface area contributed by atoms with E-state index in [1.165, 1.54) is 12.1 Å². The van der Waals surface area contributed by atoms with Crippen molar-refractivity contribution in [3.8, 4) is 22.9 Å². The van der Waals surface area contributed by atoms with Crippen molar-refractivity contribution >= 4 is 23.0 Å². The molecule has 3 aromatic carbocycles. The summed E-state index contributed by atoms with van der Waals surface area (Å²) in [7, 11) is 1.63. The lowest BCUT2D eigenvalue weighted by atomic mass is 10.1. The number of nitrogens with zero attached hydrogens (tertiary/aromatic N) is 2. The van der Waals surface area contributed by atoms with Crippen molar-refractivity contribution in [1.82, 2.24) is 9.55 Å². The van der Waals surface area contributed by atoms with Crippen LogP contribution in [0.5, 0.6) is 11.5 Å². The summed E-state index contributed by atoms with van der Waals surface area (Å²) < 4.78 is 27.5. The number of aromatic nitrogens is 2. The topological polar surface area (TPSA) is 65.4 Å². The average molecular weight is 482 g/mol. The first-order valence-corrected chi connectivity index (χ1v) is 11.4. The fraction of sp³-hybridized carbons (Fsp3) is 0.103. The lowest BCUT2D eigenvalue weighted by molar-refractivity contribution is -0.105. The van der Waals surface area contributed by atoms with Gasteiger partial charge in [0.2, 0.25) is 6.41 Å². The number of ether oxygens (including phenoxy) is 2. The van der Waals surface area contributed by atoms with Crippen LogP contribution in [-0.2, 0) is 17.9 Å². The fourth-order valence-corrected chi connectivity index (χ4v) is 4.28. The lowest BCUT2D eigenvalue weighted by Gasteiger charge is -2.15. The molecular weight excluding hydrogens is 457 g/mol. The van der Waals surface area contributed by atoms with Gasteiger partial charge in [0.1, 0.15) is 29.6 Å². The number of fused-ring (bicyclic) bond motifs is 1. The zero-order valence-electron chi connectivity index (χ0n) is 19.6. The Hall–Kier alpha value is -4.65. The van der Waals surface area contributed by atoms with Crippen LogP contribution in [0.2, 0.25) is 0 Å². The molecular formula is C29H24FN3O3. The van der Waals surface area contributed by atoms with Crippen molar-refractivity contribution in [2.24, 2.45) is 0 Å². The zero-order valence-corrected chi connectivity index (χ0v) is 19.6. The molecule has 0 aliphatic heterocycles. The highest BCUT2D eigenvalue weighted by Gasteiger charge is 2.23. The second-order valence-electron chi connectivity index (χ2n) is 8.21. The van der Waals surface area contributed by atoms with Crippen LogP contribution in [0, 0.1) is 5.82 Å². The summed E-state index contributed by atoms with van der Waals surface area (Å²) in [4.78, 5) is 16.0. The van der Waals surface area contributed by atoms with E-state index in [4.69, 9.17) is 9.47 Å². The minimum atomic E-state index is -0.291. The van der Waals surface area contributed by atoms with Crippen LogP contribution >= 0.6 is 0 Å². The molecule has 5 aromatic rings. The number of amides is 1. The van der Waals surface area contributed by atoms with E-state index in [1.807, 2.05) is 48.5 Å². The Morgan fingerprint density at radius 3 is 2.61 bits per heavy atom. The van der Waals surface area contributed by atoms with Gasteiger partial charge in [0.25, 0.3) is 0 Å². The average Bonchev–Trinajstić information content (AvgIpc) is 3.22. The van der Waals surface area contributed by atoms with Crippen molar-refractivity contribution in [3.63, 3.8) is 0 Å². The van der Waals surface area contributed by atoms with E-state index in [9.17, 15) is 9.18 Å². The number of anilines is 1. The first-order chi connectivity index (χ1) is 17.7. The highest BCUT2D eigenvalue weighted by molar-refractivity contribution is 5.97. The standard InChI is InChI=1S/C29H24FN3O3/c1-35-23-7-4-6-21(16-23)18-36-29-24-8-2-3-10-26(24)33(17-20-11-13-22(30)14-12-20)28(29)27-25(32-19-34)9-5-15-31-27/h2-16,19H,17-18H2,1H3,(H,32,34). The molecule has 180 valence electrons. The number of para-hydroxylation sites is 1. The van der Waals surface area contributed by atoms with Crippen molar-refractivity contribution < 1.29 is 18.7 Å². The Morgan fingerprint density at radius 2 is 1.81 bits per heavy atom. The molecule has 0 atom stereocenters. The highest BCUT2D eigenvalue weighted by Crippen LogP contribution is 2.42. The number of benzene rings is 3. The molecule has 2 heterocycles. The summed E-state index contributed by atoms with van der Waals surface area (Å²) >= 11 is 0. The molecule has 0 radical (unpaired) electrons. The van der Waals surface area contributed by atoms with Gasteiger partial charge in [0.05, 0.1) is 18.3 Å². The van der Waals surface area contributed by atoms with E-state index in [2.05, 4.69) is 14.9 Å². The van der Waals surface area contributed by atoms with E-state index in [-0.39, 0.29) is 5.82 Å². The SMILES string of the molecule is COc1cccc(COc2c(-c3ncccc3NC=O)n(Cc3ccc(F)cc3)c3ccccc23)c1. The quantitative estimate of drug-likeness (QED) is 0.261. The number of carbonyl (C=O) groups is 1. The van der Waals surface area contributed by atoms with E-state index >= 15 is 0 Å². The molecule has 0 unspecified atom stereocenters. The third-order valence-electron chi connectivity index (χ3n) is 5.94. The summed E-state index contributed by atoms with van der Waals surface area (Å²) in [6.07, 6.45) is 2.31. The number of hydrogen-bond acceptors (Lipinski definition) is 4.